The molecular weight excluding hydrogens is 270 g/mol. The van der Waals surface area contributed by atoms with Crippen LogP contribution in [0.2, 0.25) is 5.02 Å². The first-order valence-electron chi connectivity index (χ1n) is 4.49. The highest BCUT2D eigenvalue weighted by molar-refractivity contribution is 7.89. The van der Waals surface area contributed by atoms with Crippen LogP contribution in [0.4, 0.5) is 0 Å². The molecule has 3 N–H and O–H groups in total. The summed E-state index contributed by atoms with van der Waals surface area (Å²) in [5.74, 6) is -1.50. The molecule has 0 heterocycles. The van der Waals surface area contributed by atoms with E-state index in [1.54, 1.807) is 0 Å². The Morgan fingerprint density at radius 1 is 1.47 bits per heavy atom. The molecule has 1 unspecified atom stereocenters. The number of rotatable bonds is 5. The van der Waals surface area contributed by atoms with E-state index in [4.69, 9.17) is 21.8 Å². The van der Waals surface area contributed by atoms with Gasteiger partial charge in [-0.25, -0.2) is 17.9 Å². The summed E-state index contributed by atoms with van der Waals surface area (Å²) in [7, 11) is -3.87. The van der Waals surface area contributed by atoms with E-state index in [9.17, 15) is 13.2 Å². The molecule has 1 atom stereocenters. The molecule has 0 fully saturated rings. The van der Waals surface area contributed by atoms with Crippen LogP contribution in [-0.2, 0) is 14.8 Å². The first kappa shape index (κ1) is 13.9. The zero-order valence-corrected chi connectivity index (χ0v) is 10.1. The first-order chi connectivity index (χ1) is 7.83. The number of carbonyl (C=O) groups is 1. The van der Waals surface area contributed by atoms with Crippen LogP contribution in [-0.4, -0.2) is 37.2 Å². The Balaban J connectivity index is 2.79. The van der Waals surface area contributed by atoms with Gasteiger partial charge in [0.25, 0.3) is 0 Å². The van der Waals surface area contributed by atoms with E-state index in [2.05, 4.69) is 0 Å². The number of sulfonamides is 1. The van der Waals surface area contributed by atoms with Crippen LogP contribution in [0.5, 0.6) is 0 Å². The van der Waals surface area contributed by atoms with Crippen LogP contribution >= 0.6 is 11.6 Å². The maximum Gasteiger partial charge on any atom is 0.333 e. The summed E-state index contributed by atoms with van der Waals surface area (Å²) in [5.41, 5.74) is 0. The average molecular weight is 280 g/mol. The van der Waals surface area contributed by atoms with E-state index < -0.39 is 28.6 Å². The maximum atomic E-state index is 11.6. The largest absolute Gasteiger partial charge is 0.479 e. The van der Waals surface area contributed by atoms with Gasteiger partial charge in [0.1, 0.15) is 0 Å². The Kier molecular flexibility index (Phi) is 4.47. The van der Waals surface area contributed by atoms with Crippen LogP contribution in [0, 0.1) is 0 Å². The van der Waals surface area contributed by atoms with E-state index in [0.717, 1.165) is 0 Å². The Morgan fingerprint density at radius 2 is 2.12 bits per heavy atom. The van der Waals surface area contributed by atoms with E-state index in [-0.39, 0.29) is 9.92 Å². The lowest BCUT2D eigenvalue weighted by molar-refractivity contribution is -0.146. The summed E-state index contributed by atoms with van der Waals surface area (Å²) in [6.45, 7) is -0.607. The van der Waals surface area contributed by atoms with Crippen molar-refractivity contribution in [3.8, 4) is 0 Å². The minimum atomic E-state index is -3.87. The summed E-state index contributed by atoms with van der Waals surface area (Å²) in [6.07, 6.45) is -1.79. The number of aliphatic carboxylic acids is 1. The average Bonchev–Trinajstić information content (AvgIpc) is 2.26. The first-order valence-corrected chi connectivity index (χ1v) is 6.35. The van der Waals surface area contributed by atoms with Gasteiger partial charge < -0.3 is 10.2 Å². The maximum absolute atomic E-state index is 11.6. The normalized spacial score (nSPS) is 13.3. The molecule has 6 nitrogen and oxygen atoms in total. The lowest BCUT2D eigenvalue weighted by atomic mass is 10.4. The van der Waals surface area contributed by atoms with Gasteiger partial charge in [0.2, 0.25) is 10.0 Å². The third kappa shape index (κ3) is 3.97. The summed E-state index contributed by atoms with van der Waals surface area (Å²) < 4.78 is 25.2. The van der Waals surface area contributed by atoms with Gasteiger partial charge in [0.05, 0.1) is 4.90 Å². The predicted molar refractivity (Wildman–Crippen MR) is 60.3 cm³/mol. The van der Waals surface area contributed by atoms with Gasteiger partial charge in [-0.15, -0.1) is 0 Å². The Labute approximate surface area is 103 Å². The molecule has 1 rings (SSSR count). The summed E-state index contributed by atoms with van der Waals surface area (Å²) in [6, 6.07) is 5.48. The van der Waals surface area contributed by atoms with Crippen LogP contribution in [0.25, 0.3) is 0 Å². The minimum absolute atomic E-state index is 0.0948. The van der Waals surface area contributed by atoms with Gasteiger partial charge in [-0.05, 0) is 18.2 Å². The minimum Gasteiger partial charge on any atom is -0.479 e. The predicted octanol–water partition coefficient (Wildman–Crippen LogP) is 0.0638. The highest BCUT2D eigenvalue weighted by atomic mass is 35.5. The molecule has 1 aromatic rings. The molecule has 0 saturated heterocycles. The van der Waals surface area contributed by atoms with E-state index in [1.165, 1.54) is 24.3 Å². The number of aliphatic hydroxyl groups excluding tert-OH is 1. The van der Waals surface area contributed by atoms with Gasteiger partial charge in [0.15, 0.2) is 6.10 Å². The van der Waals surface area contributed by atoms with Gasteiger partial charge >= 0.3 is 5.97 Å². The van der Waals surface area contributed by atoms with Crippen molar-refractivity contribution in [2.75, 3.05) is 6.54 Å². The fraction of sp³-hybridized carbons (Fsp3) is 0.222. The number of halogens is 1. The second-order valence-electron chi connectivity index (χ2n) is 3.16. The lowest BCUT2D eigenvalue weighted by Gasteiger charge is -2.08. The molecule has 0 bridgehead atoms. The molecule has 0 aliphatic heterocycles. The summed E-state index contributed by atoms with van der Waals surface area (Å²) >= 11 is 5.63. The highest BCUT2D eigenvalue weighted by Crippen LogP contribution is 2.14. The third-order valence-electron chi connectivity index (χ3n) is 1.86. The molecule has 0 spiro atoms. The molecule has 8 heteroatoms. The van der Waals surface area contributed by atoms with Crippen molar-refractivity contribution in [1.82, 2.24) is 4.72 Å². The van der Waals surface area contributed by atoms with Crippen LogP contribution in [0.1, 0.15) is 0 Å². The second kappa shape index (κ2) is 5.46. The molecule has 0 radical (unpaired) electrons. The lowest BCUT2D eigenvalue weighted by Crippen LogP contribution is -2.36. The van der Waals surface area contributed by atoms with E-state index in [1.807, 2.05) is 4.72 Å². The second-order valence-corrected chi connectivity index (χ2v) is 5.37. The SMILES string of the molecule is O=C(O)C(O)CNS(=O)(=O)c1cccc(Cl)c1. The van der Waals surface area contributed by atoms with Crippen molar-refractivity contribution in [2.45, 2.75) is 11.0 Å². The summed E-state index contributed by atoms with van der Waals surface area (Å²) in [4.78, 5) is 10.2. The van der Waals surface area contributed by atoms with Crippen molar-refractivity contribution in [1.29, 1.82) is 0 Å². The Morgan fingerprint density at radius 3 is 2.65 bits per heavy atom. The number of carboxylic acids is 1. The van der Waals surface area contributed by atoms with E-state index >= 15 is 0 Å². The fourth-order valence-corrected chi connectivity index (χ4v) is 2.33. The molecule has 0 aliphatic carbocycles. The van der Waals surface area contributed by atoms with Gasteiger partial charge in [-0.3, -0.25) is 0 Å². The Bertz CT molecular complexity index is 516. The standard InChI is InChI=1S/C9H10ClNO5S/c10-6-2-1-3-7(4-6)17(15,16)11-5-8(12)9(13)14/h1-4,8,11-12H,5H2,(H,13,14). The molecule has 0 aromatic heterocycles. The molecule has 0 amide bonds. The summed E-state index contributed by atoms with van der Waals surface area (Å²) in [5, 5.41) is 17.6. The zero-order chi connectivity index (χ0) is 13.1. The number of hydrogen-bond acceptors (Lipinski definition) is 4. The van der Waals surface area contributed by atoms with Gasteiger partial charge in [-0.2, -0.15) is 0 Å². The molecule has 17 heavy (non-hydrogen) atoms. The molecule has 0 aliphatic rings. The van der Waals surface area contributed by atoms with Crippen LogP contribution in [0.15, 0.2) is 29.2 Å². The van der Waals surface area contributed by atoms with Crippen molar-refractivity contribution < 1.29 is 23.4 Å². The van der Waals surface area contributed by atoms with E-state index in [0.29, 0.717) is 0 Å². The fourth-order valence-electron chi connectivity index (χ4n) is 0.993. The monoisotopic (exact) mass is 279 g/mol. The number of carboxylic acid groups (broad SMARTS) is 1. The molecule has 1 aromatic carbocycles. The molecular formula is C9H10ClNO5S. The van der Waals surface area contributed by atoms with Crippen LogP contribution < -0.4 is 4.72 Å². The number of hydrogen-bond donors (Lipinski definition) is 3. The van der Waals surface area contributed by atoms with Crippen molar-refractivity contribution in [3.05, 3.63) is 29.3 Å². The van der Waals surface area contributed by atoms with Gasteiger partial charge in [0, 0.05) is 11.6 Å². The highest BCUT2D eigenvalue weighted by Gasteiger charge is 2.19. The molecule has 94 valence electrons. The van der Waals surface area contributed by atoms with Crippen molar-refractivity contribution in [3.63, 3.8) is 0 Å². The smallest absolute Gasteiger partial charge is 0.333 e. The van der Waals surface area contributed by atoms with Crippen molar-refractivity contribution in [2.24, 2.45) is 0 Å². The topological polar surface area (TPSA) is 104 Å². The Hall–Kier alpha value is -1.15. The number of benzene rings is 1. The zero-order valence-electron chi connectivity index (χ0n) is 8.50. The number of aliphatic hydroxyl groups is 1. The van der Waals surface area contributed by atoms with Crippen molar-refractivity contribution >= 4 is 27.6 Å². The third-order valence-corrected chi connectivity index (χ3v) is 3.51. The molecule has 0 saturated carbocycles. The quantitative estimate of drug-likeness (QED) is 0.707. The number of nitrogens with one attached hydrogen (secondary N) is 1. The van der Waals surface area contributed by atoms with Crippen LogP contribution in [0.3, 0.4) is 0 Å². The van der Waals surface area contributed by atoms with Gasteiger partial charge in [-0.1, -0.05) is 17.7 Å².